The molecule has 0 bridgehead atoms. The quantitative estimate of drug-likeness (QED) is 0.807. The van der Waals surface area contributed by atoms with Crippen molar-refractivity contribution in [2.45, 2.75) is 6.42 Å². The summed E-state index contributed by atoms with van der Waals surface area (Å²) in [6, 6.07) is 8.23. The SMILES string of the molecule is O=C1/C(=C\c2ccc(F)c(F)c2)Cc2c(O)cccc21. The fourth-order valence-corrected chi connectivity index (χ4v) is 2.34. The lowest BCUT2D eigenvalue weighted by Gasteiger charge is -1.98. The molecule has 0 fully saturated rings. The van der Waals surface area contributed by atoms with E-state index in [0.29, 0.717) is 28.7 Å². The van der Waals surface area contributed by atoms with Gasteiger partial charge in [-0.3, -0.25) is 4.79 Å². The molecular formula is C16H10F2O2. The van der Waals surface area contributed by atoms with Crippen molar-refractivity contribution in [1.29, 1.82) is 0 Å². The second-order valence-corrected chi connectivity index (χ2v) is 4.65. The standard InChI is InChI=1S/C16H10F2O2/c17-13-5-4-9(7-14(13)18)6-10-8-12-11(16(10)20)2-1-3-15(12)19/h1-7,19H,8H2/b10-6-. The van der Waals surface area contributed by atoms with Crippen molar-refractivity contribution in [3.8, 4) is 5.75 Å². The maximum atomic E-state index is 13.1. The summed E-state index contributed by atoms with van der Waals surface area (Å²) in [6.07, 6.45) is 1.81. The molecule has 100 valence electrons. The van der Waals surface area contributed by atoms with Crippen molar-refractivity contribution in [3.63, 3.8) is 0 Å². The number of Topliss-reactive ketones (excluding diaryl/α,β-unsaturated/α-hetero) is 1. The Morgan fingerprint density at radius 1 is 1.10 bits per heavy atom. The molecule has 0 aliphatic heterocycles. The van der Waals surface area contributed by atoms with Crippen molar-refractivity contribution in [1.82, 2.24) is 0 Å². The van der Waals surface area contributed by atoms with E-state index in [-0.39, 0.29) is 11.5 Å². The molecule has 0 aromatic heterocycles. The van der Waals surface area contributed by atoms with Crippen LogP contribution in [-0.4, -0.2) is 10.9 Å². The molecule has 0 unspecified atom stereocenters. The van der Waals surface area contributed by atoms with Crippen LogP contribution < -0.4 is 0 Å². The Morgan fingerprint density at radius 3 is 2.60 bits per heavy atom. The van der Waals surface area contributed by atoms with Gasteiger partial charge in [-0.05, 0) is 29.8 Å². The molecule has 0 amide bonds. The van der Waals surface area contributed by atoms with Gasteiger partial charge in [-0.15, -0.1) is 0 Å². The van der Waals surface area contributed by atoms with Gasteiger partial charge in [-0.2, -0.15) is 0 Å². The summed E-state index contributed by atoms with van der Waals surface area (Å²) in [6.45, 7) is 0. The van der Waals surface area contributed by atoms with Crippen molar-refractivity contribution in [2.75, 3.05) is 0 Å². The highest BCUT2D eigenvalue weighted by molar-refractivity contribution is 6.16. The van der Waals surface area contributed by atoms with Crippen LogP contribution in [-0.2, 0) is 6.42 Å². The summed E-state index contributed by atoms with van der Waals surface area (Å²) >= 11 is 0. The Morgan fingerprint density at radius 2 is 1.90 bits per heavy atom. The smallest absolute Gasteiger partial charge is 0.189 e. The second-order valence-electron chi connectivity index (χ2n) is 4.65. The van der Waals surface area contributed by atoms with Gasteiger partial charge >= 0.3 is 0 Å². The van der Waals surface area contributed by atoms with E-state index in [2.05, 4.69) is 0 Å². The van der Waals surface area contributed by atoms with E-state index in [4.69, 9.17) is 0 Å². The molecule has 2 nitrogen and oxygen atoms in total. The maximum absolute atomic E-state index is 13.1. The summed E-state index contributed by atoms with van der Waals surface area (Å²) in [5.74, 6) is -2.00. The first-order valence-corrected chi connectivity index (χ1v) is 6.07. The summed E-state index contributed by atoms with van der Waals surface area (Å²) in [5, 5.41) is 9.72. The van der Waals surface area contributed by atoms with Crippen LogP contribution in [0.4, 0.5) is 8.78 Å². The normalized spacial score (nSPS) is 15.7. The highest BCUT2D eigenvalue weighted by atomic mass is 19.2. The van der Waals surface area contributed by atoms with Crippen molar-refractivity contribution in [3.05, 3.63) is 70.3 Å². The van der Waals surface area contributed by atoms with Crippen LogP contribution in [0.2, 0.25) is 0 Å². The molecule has 1 N–H and O–H groups in total. The van der Waals surface area contributed by atoms with E-state index < -0.39 is 11.6 Å². The van der Waals surface area contributed by atoms with Crippen LogP contribution in [0, 0.1) is 11.6 Å². The molecule has 0 saturated carbocycles. The van der Waals surface area contributed by atoms with E-state index in [9.17, 15) is 18.7 Å². The Balaban J connectivity index is 2.01. The van der Waals surface area contributed by atoms with E-state index in [1.54, 1.807) is 12.1 Å². The topological polar surface area (TPSA) is 37.3 Å². The molecule has 4 heteroatoms. The molecule has 0 atom stereocenters. The van der Waals surface area contributed by atoms with Gasteiger partial charge in [0.1, 0.15) is 5.75 Å². The molecule has 0 heterocycles. The maximum Gasteiger partial charge on any atom is 0.189 e. The average molecular weight is 272 g/mol. The predicted molar refractivity (Wildman–Crippen MR) is 70.5 cm³/mol. The first-order chi connectivity index (χ1) is 9.56. The van der Waals surface area contributed by atoms with E-state index >= 15 is 0 Å². The fourth-order valence-electron chi connectivity index (χ4n) is 2.34. The molecule has 0 radical (unpaired) electrons. The van der Waals surface area contributed by atoms with Crippen LogP contribution in [0.3, 0.4) is 0 Å². The average Bonchev–Trinajstić information content (AvgIpc) is 2.73. The molecule has 20 heavy (non-hydrogen) atoms. The fraction of sp³-hybridized carbons (Fsp3) is 0.0625. The van der Waals surface area contributed by atoms with Gasteiger partial charge in [-0.1, -0.05) is 18.2 Å². The number of benzene rings is 2. The molecule has 2 aromatic rings. The van der Waals surface area contributed by atoms with Crippen molar-refractivity contribution < 1.29 is 18.7 Å². The minimum absolute atomic E-state index is 0.0736. The third kappa shape index (κ3) is 1.99. The number of carbonyl (C=O) groups excluding carboxylic acids is 1. The van der Waals surface area contributed by atoms with Crippen LogP contribution in [0.1, 0.15) is 21.5 Å². The Hall–Kier alpha value is -2.49. The minimum Gasteiger partial charge on any atom is -0.508 e. The number of hydrogen-bond donors (Lipinski definition) is 1. The zero-order valence-electron chi connectivity index (χ0n) is 10.4. The van der Waals surface area contributed by atoms with Gasteiger partial charge in [-0.25, -0.2) is 8.78 Å². The number of aromatic hydroxyl groups is 1. The third-order valence-corrected chi connectivity index (χ3v) is 3.34. The van der Waals surface area contributed by atoms with Gasteiger partial charge < -0.3 is 5.11 Å². The van der Waals surface area contributed by atoms with Gasteiger partial charge in [0.25, 0.3) is 0 Å². The molecule has 0 spiro atoms. The zero-order valence-corrected chi connectivity index (χ0v) is 10.4. The van der Waals surface area contributed by atoms with Crippen LogP contribution in [0.25, 0.3) is 6.08 Å². The highest BCUT2D eigenvalue weighted by Gasteiger charge is 2.26. The number of hydrogen-bond acceptors (Lipinski definition) is 2. The van der Waals surface area contributed by atoms with Gasteiger partial charge in [0.15, 0.2) is 17.4 Å². The minimum atomic E-state index is -0.954. The molecule has 1 aliphatic carbocycles. The number of carbonyl (C=O) groups is 1. The lowest BCUT2D eigenvalue weighted by Crippen LogP contribution is -1.95. The Bertz CT molecular complexity index is 748. The van der Waals surface area contributed by atoms with Crippen LogP contribution >= 0.6 is 0 Å². The largest absolute Gasteiger partial charge is 0.508 e. The summed E-state index contributed by atoms with van der Waals surface area (Å²) in [5.41, 5.74) is 1.90. The van der Waals surface area contributed by atoms with Crippen molar-refractivity contribution >= 4 is 11.9 Å². The number of phenolic OH excluding ortho intramolecular Hbond substituents is 1. The lowest BCUT2D eigenvalue weighted by atomic mass is 10.1. The number of phenols is 1. The van der Waals surface area contributed by atoms with Gasteiger partial charge in [0.05, 0.1) is 0 Å². The summed E-state index contributed by atoms with van der Waals surface area (Å²) < 4.78 is 26.0. The molecule has 1 aliphatic rings. The van der Waals surface area contributed by atoms with Crippen molar-refractivity contribution in [2.24, 2.45) is 0 Å². The first kappa shape index (κ1) is 12.5. The number of rotatable bonds is 1. The summed E-state index contributed by atoms with van der Waals surface area (Å²) in [4.78, 5) is 12.2. The molecule has 0 saturated heterocycles. The Labute approximate surface area is 114 Å². The Kier molecular flexibility index (Phi) is 2.86. The lowest BCUT2D eigenvalue weighted by molar-refractivity contribution is 0.104. The van der Waals surface area contributed by atoms with E-state index in [1.807, 2.05) is 0 Å². The van der Waals surface area contributed by atoms with E-state index in [1.165, 1.54) is 18.2 Å². The van der Waals surface area contributed by atoms with Crippen LogP contribution in [0.15, 0.2) is 42.0 Å². The molecular weight excluding hydrogens is 262 g/mol. The van der Waals surface area contributed by atoms with Gasteiger partial charge in [0.2, 0.25) is 0 Å². The third-order valence-electron chi connectivity index (χ3n) is 3.34. The number of halogens is 2. The highest BCUT2D eigenvalue weighted by Crippen LogP contribution is 2.33. The number of allylic oxidation sites excluding steroid dienone is 1. The number of ketones is 1. The monoisotopic (exact) mass is 272 g/mol. The second kappa shape index (κ2) is 4.56. The first-order valence-electron chi connectivity index (χ1n) is 6.07. The molecule has 2 aromatic carbocycles. The predicted octanol–water partition coefficient (Wildman–Crippen LogP) is 3.49. The van der Waals surface area contributed by atoms with Gasteiger partial charge in [0, 0.05) is 23.1 Å². The number of fused-ring (bicyclic) bond motifs is 1. The summed E-state index contributed by atoms with van der Waals surface area (Å²) in [7, 11) is 0. The van der Waals surface area contributed by atoms with Crippen LogP contribution in [0.5, 0.6) is 5.75 Å². The zero-order chi connectivity index (χ0) is 14.3. The molecule has 3 rings (SSSR count). The van der Waals surface area contributed by atoms with E-state index in [0.717, 1.165) is 12.1 Å².